The Labute approximate surface area is 130 Å². The number of likely N-dealkylation sites (N-methyl/N-ethyl adjacent to an activating group) is 1. The molecular weight excluding hydrogens is 289 g/mol. The van der Waals surface area contributed by atoms with Gasteiger partial charge < -0.3 is 9.88 Å². The Morgan fingerprint density at radius 1 is 1.38 bits per heavy atom. The molecule has 21 heavy (non-hydrogen) atoms. The molecule has 0 aliphatic rings. The average Bonchev–Trinajstić information content (AvgIpc) is 2.86. The molecule has 0 fully saturated rings. The number of hydrogen-bond acceptors (Lipinski definition) is 2. The summed E-state index contributed by atoms with van der Waals surface area (Å²) in [5, 5.41) is 3.75. The molecule has 0 aliphatic carbocycles. The largest absolute Gasteiger partial charge is 0.335 e. The number of rotatable bonds is 7. The Morgan fingerprint density at radius 3 is 2.86 bits per heavy atom. The van der Waals surface area contributed by atoms with Crippen molar-refractivity contribution in [2.45, 2.75) is 39.3 Å². The lowest BCUT2D eigenvalue weighted by atomic mass is 10.0. The van der Waals surface area contributed by atoms with Crippen molar-refractivity contribution in [3.63, 3.8) is 0 Å². The van der Waals surface area contributed by atoms with E-state index in [-0.39, 0.29) is 11.9 Å². The maximum Gasteiger partial charge on any atom is 0.129 e. The number of benzene rings is 1. The minimum Gasteiger partial charge on any atom is -0.335 e. The van der Waals surface area contributed by atoms with E-state index in [1.165, 1.54) is 6.07 Å². The molecule has 1 N–H and O–H groups in total. The van der Waals surface area contributed by atoms with Crippen LogP contribution in [0.4, 0.5) is 4.39 Å². The van der Waals surface area contributed by atoms with Crippen LogP contribution in [0, 0.1) is 5.82 Å². The number of aryl methyl sites for hydroxylation is 1. The fourth-order valence-corrected chi connectivity index (χ4v) is 2.64. The molecule has 0 amide bonds. The maximum absolute atomic E-state index is 14.1. The van der Waals surface area contributed by atoms with Crippen LogP contribution in [0.2, 0.25) is 5.02 Å². The highest BCUT2D eigenvalue weighted by molar-refractivity contribution is 6.30. The van der Waals surface area contributed by atoms with Gasteiger partial charge in [-0.3, -0.25) is 0 Å². The summed E-state index contributed by atoms with van der Waals surface area (Å²) >= 11 is 5.83. The van der Waals surface area contributed by atoms with Crippen LogP contribution in [0.25, 0.3) is 0 Å². The average molecular weight is 310 g/mol. The quantitative estimate of drug-likeness (QED) is 0.838. The summed E-state index contributed by atoms with van der Waals surface area (Å²) in [5.74, 6) is 0.694. The van der Waals surface area contributed by atoms with Crippen LogP contribution in [0.1, 0.15) is 37.7 Å². The van der Waals surface area contributed by atoms with Gasteiger partial charge in [-0.2, -0.15) is 0 Å². The second-order valence-corrected chi connectivity index (χ2v) is 5.45. The molecule has 0 bridgehead atoms. The van der Waals surface area contributed by atoms with E-state index in [4.69, 9.17) is 11.6 Å². The summed E-state index contributed by atoms with van der Waals surface area (Å²) in [6.45, 7) is 5.84. The summed E-state index contributed by atoms with van der Waals surface area (Å²) in [4.78, 5) is 4.40. The van der Waals surface area contributed by atoms with Crippen LogP contribution < -0.4 is 5.32 Å². The van der Waals surface area contributed by atoms with Crippen molar-refractivity contribution in [3.05, 3.63) is 52.8 Å². The zero-order valence-electron chi connectivity index (χ0n) is 12.4. The molecule has 5 heteroatoms. The Balaban J connectivity index is 2.24. The minimum atomic E-state index is -0.276. The first-order valence-electron chi connectivity index (χ1n) is 7.34. The second-order valence-electron chi connectivity index (χ2n) is 5.02. The highest BCUT2D eigenvalue weighted by Gasteiger charge is 2.18. The van der Waals surface area contributed by atoms with E-state index >= 15 is 0 Å². The van der Waals surface area contributed by atoms with Gasteiger partial charge in [0.25, 0.3) is 0 Å². The number of imidazole rings is 1. The molecule has 2 aromatic rings. The standard InChI is InChI=1S/C16H21ClFN3/c1-3-8-21-9-7-20-16(21)11-15(19-4-2)13-6-5-12(17)10-14(13)18/h5-7,9-10,15,19H,3-4,8,11H2,1-2H3. The van der Waals surface area contributed by atoms with Crippen LogP contribution in [0.3, 0.4) is 0 Å². The fourth-order valence-electron chi connectivity index (χ4n) is 2.48. The van der Waals surface area contributed by atoms with E-state index in [2.05, 4.69) is 21.8 Å². The summed E-state index contributed by atoms with van der Waals surface area (Å²) < 4.78 is 16.3. The van der Waals surface area contributed by atoms with Crippen molar-refractivity contribution in [1.29, 1.82) is 0 Å². The third-order valence-electron chi connectivity index (χ3n) is 3.44. The van der Waals surface area contributed by atoms with Crippen LogP contribution >= 0.6 is 11.6 Å². The van der Waals surface area contributed by atoms with Gasteiger partial charge >= 0.3 is 0 Å². The second kappa shape index (κ2) is 7.57. The predicted molar refractivity (Wildman–Crippen MR) is 84.0 cm³/mol. The Morgan fingerprint density at radius 2 is 2.19 bits per heavy atom. The molecule has 1 aromatic carbocycles. The molecule has 0 saturated carbocycles. The first-order valence-corrected chi connectivity index (χ1v) is 7.71. The third-order valence-corrected chi connectivity index (χ3v) is 3.68. The van der Waals surface area contributed by atoms with Gasteiger partial charge in [0.15, 0.2) is 0 Å². The van der Waals surface area contributed by atoms with Gasteiger partial charge in [-0.1, -0.05) is 31.5 Å². The summed E-state index contributed by atoms with van der Waals surface area (Å²) in [6.07, 6.45) is 5.47. The lowest BCUT2D eigenvalue weighted by molar-refractivity contribution is 0.489. The van der Waals surface area contributed by atoms with E-state index in [0.717, 1.165) is 25.3 Å². The number of halogens is 2. The molecule has 0 saturated heterocycles. The maximum atomic E-state index is 14.1. The van der Waals surface area contributed by atoms with Crippen molar-refractivity contribution >= 4 is 11.6 Å². The molecule has 0 aliphatic heterocycles. The number of aromatic nitrogens is 2. The first-order chi connectivity index (χ1) is 10.2. The molecule has 114 valence electrons. The van der Waals surface area contributed by atoms with E-state index in [1.807, 2.05) is 13.1 Å². The molecule has 2 rings (SSSR count). The lowest BCUT2D eigenvalue weighted by Crippen LogP contribution is -2.25. The summed E-state index contributed by atoms with van der Waals surface area (Å²) in [7, 11) is 0. The van der Waals surface area contributed by atoms with Crippen molar-refractivity contribution in [2.75, 3.05) is 6.54 Å². The molecule has 1 heterocycles. The molecule has 3 nitrogen and oxygen atoms in total. The lowest BCUT2D eigenvalue weighted by Gasteiger charge is -2.19. The number of hydrogen-bond donors (Lipinski definition) is 1. The third kappa shape index (κ3) is 4.05. The van der Waals surface area contributed by atoms with Gasteiger partial charge in [0.05, 0.1) is 0 Å². The number of nitrogens with one attached hydrogen (secondary N) is 1. The van der Waals surface area contributed by atoms with Gasteiger partial charge in [0, 0.05) is 42.0 Å². The predicted octanol–water partition coefficient (Wildman–Crippen LogP) is 3.98. The van der Waals surface area contributed by atoms with E-state index < -0.39 is 0 Å². The summed E-state index contributed by atoms with van der Waals surface area (Å²) in [5.41, 5.74) is 0.632. The molecule has 1 atom stereocenters. The van der Waals surface area contributed by atoms with Crippen molar-refractivity contribution in [1.82, 2.24) is 14.9 Å². The Kier molecular flexibility index (Phi) is 5.76. The van der Waals surface area contributed by atoms with E-state index in [0.29, 0.717) is 17.0 Å². The van der Waals surface area contributed by atoms with Crippen molar-refractivity contribution < 1.29 is 4.39 Å². The highest BCUT2D eigenvalue weighted by atomic mass is 35.5. The SMILES string of the molecule is CCCn1ccnc1CC(NCC)c1ccc(Cl)cc1F. The fraction of sp³-hybridized carbons (Fsp3) is 0.438. The van der Waals surface area contributed by atoms with Crippen molar-refractivity contribution in [3.8, 4) is 0 Å². The van der Waals surface area contributed by atoms with Crippen LogP contribution in [0.5, 0.6) is 0 Å². The van der Waals surface area contributed by atoms with E-state index in [1.54, 1.807) is 18.3 Å². The summed E-state index contributed by atoms with van der Waals surface area (Å²) in [6, 6.07) is 4.73. The molecule has 1 unspecified atom stereocenters. The van der Waals surface area contributed by atoms with Gasteiger partial charge in [-0.25, -0.2) is 9.37 Å². The molecular formula is C16H21ClFN3. The highest BCUT2D eigenvalue weighted by Crippen LogP contribution is 2.23. The van der Waals surface area contributed by atoms with Crippen molar-refractivity contribution in [2.24, 2.45) is 0 Å². The monoisotopic (exact) mass is 309 g/mol. The van der Waals surface area contributed by atoms with E-state index in [9.17, 15) is 4.39 Å². The first kappa shape index (κ1) is 16.0. The van der Waals surface area contributed by atoms with Gasteiger partial charge in [0.1, 0.15) is 11.6 Å². The van der Waals surface area contributed by atoms with Gasteiger partial charge in [0.2, 0.25) is 0 Å². The van der Waals surface area contributed by atoms with Crippen LogP contribution in [-0.2, 0) is 13.0 Å². The Bertz CT molecular complexity index is 583. The number of nitrogens with zero attached hydrogens (tertiary/aromatic N) is 2. The zero-order valence-corrected chi connectivity index (χ0v) is 13.2. The minimum absolute atomic E-state index is 0.106. The topological polar surface area (TPSA) is 29.9 Å². The normalized spacial score (nSPS) is 12.6. The van der Waals surface area contributed by atoms with Gasteiger partial charge in [-0.15, -0.1) is 0 Å². The zero-order chi connectivity index (χ0) is 15.2. The van der Waals surface area contributed by atoms with Crippen LogP contribution in [0.15, 0.2) is 30.6 Å². The molecule has 1 aromatic heterocycles. The van der Waals surface area contributed by atoms with Crippen LogP contribution in [-0.4, -0.2) is 16.1 Å². The smallest absolute Gasteiger partial charge is 0.129 e. The molecule has 0 radical (unpaired) electrons. The Hall–Kier alpha value is -1.39. The molecule has 0 spiro atoms. The van der Waals surface area contributed by atoms with Gasteiger partial charge in [-0.05, 0) is 25.1 Å².